The lowest BCUT2D eigenvalue weighted by molar-refractivity contribution is 0.104. The third kappa shape index (κ3) is 1.58. The molecule has 0 aromatic rings. The number of rotatable bonds is 0. The van der Waals surface area contributed by atoms with Crippen LogP contribution in [0.15, 0.2) is 0 Å². The van der Waals surface area contributed by atoms with Crippen LogP contribution in [-0.4, -0.2) is 12.1 Å². The summed E-state index contributed by atoms with van der Waals surface area (Å²) in [5, 5.41) is 3.59. The second kappa shape index (κ2) is 2.78. The molecule has 0 saturated carbocycles. The average molecular weight is 155 g/mol. The van der Waals surface area contributed by atoms with Crippen molar-refractivity contribution in [2.24, 2.45) is 17.8 Å². The molecule has 0 aromatic carbocycles. The summed E-state index contributed by atoms with van der Waals surface area (Å²) in [5.41, 5.74) is 0.339. The Balaban J connectivity index is 2.67. The standard InChI is InChI=1S/C10H21N/c1-7-6-11-10(4,5)9(3)8(7)2/h7-9,11H,6H2,1-5H3/t7-,8+,9-/m0/s1. The molecule has 1 heterocycles. The van der Waals surface area contributed by atoms with E-state index in [0.29, 0.717) is 5.54 Å². The van der Waals surface area contributed by atoms with Gasteiger partial charge in [0.25, 0.3) is 0 Å². The molecule has 1 rings (SSSR count). The van der Waals surface area contributed by atoms with E-state index in [4.69, 9.17) is 0 Å². The number of piperidine rings is 1. The van der Waals surface area contributed by atoms with E-state index in [1.807, 2.05) is 0 Å². The Bertz CT molecular complexity index is 140. The molecule has 1 aliphatic heterocycles. The van der Waals surface area contributed by atoms with Gasteiger partial charge in [-0.15, -0.1) is 0 Å². The van der Waals surface area contributed by atoms with Gasteiger partial charge in [0.1, 0.15) is 0 Å². The van der Waals surface area contributed by atoms with E-state index in [0.717, 1.165) is 17.8 Å². The fourth-order valence-electron chi connectivity index (χ4n) is 1.92. The van der Waals surface area contributed by atoms with Crippen LogP contribution in [-0.2, 0) is 0 Å². The third-order valence-electron chi connectivity index (χ3n) is 3.70. The topological polar surface area (TPSA) is 12.0 Å². The quantitative estimate of drug-likeness (QED) is 0.566. The molecule has 0 spiro atoms. The summed E-state index contributed by atoms with van der Waals surface area (Å²) in [7, 11) is 0. The van der Waals surface area contributed by atoms with E-state index in [9.17, 15) is 0 Å². The van der Waals surface area contributed by atoms with Gasteiger partial charge < -0.3 is 5.32 Å². The predicted octanol–water partition coefficient (Wildman–Crippen LogP) is 2.28. The van der Waals surface area contributed by atoms with Gasteiger partial charge in [-0.3, -0.25) is 0 Å². The van der Waals surface area contributed by atoms with Gasteiger partial charge in [0.2, 0.25) is 0 Å². The Morgan fingerprint density at radius 2 is 1.73 bits per heavy atom. The molecule has 1 N–H and O–H groups in total. The Morgan fingerprint density at radius 1 is 1.18 bits per heavy atom. The second-order valence-corrected chi connectivity index (χ2v) is 4.73. The van der Waals surface area contributed by atoms with Gasteiger partial charge in [0.05, 0.1) is 0 Å². The van der Waals surface area contributed by atoms with Crippen LogP contribution in [0.25, 0.3) is 0 Å². The van der Waals surface area contributed by atoms with Crippen LogP contribution in [0.5, 0.6) is 0 Å². The number of nitrogens with one attached hydrogen (secondary N) is 1. The summed E-state index contributed by atoms with van der Waals surface area (Å²) in [6.45, 7) is 12.9. The van der Waals surface area contributed by atoms with E-state index >= 15 is 0 Å². The van der Waals surface area contributed by atoms with Crippen molar-refractivity contribution in [3.8, 4) is 0 Å². The zero-order chi connectivity index (χ0) is 8.65. The molecule has 0 bridgehead atoms. The minimum Gasteiger partial charge on any atom is -0.311 e. The van der Waals surface area contributed by atoms with Crippen molar-refractivity contribution in [1.29, 1.82) is 0 Å². The lowest BCUT2D eigenvalue weighted by Gasteiger charge is -2.45. The third-order valence-corrected chi connectivity index (χ3v) is 3.70. The van der Waals surface area contributed by atoms with Crippen molar-refractivity contribution >= 4 is 0 Å². The first-order valence-corrected chi connectivity index (χ1v) is 4.70. The van der Waals surface area contributed by atoms with Crippen molar-refractivity contribution in [2.45, 2.75) is 40.2 Å². The van der Waals surface area contributed by atoms with Gasteiger partial charge in [0.15, 0.2) is 0 Å². The van der Waals surface area contributed by atoms with Crippen molar-refractivity contribution < 1.29 is 0 Å². The molecule has 0 unspecified atom stereocenters. The molecule has 0 aliphatic carbocycles. The molecular weight excluding hydrogens is 134 g/mol. The highest BCUT2D eigenvalue weighted by Gasteiger charge is 2.36. The molecular formula is C10H21N. The van der Waals surface area contributed by atoms with E-state index in [1.54, 1.807) is 0 Å². The molecule has 3 atom stereocenters. The zero-order valence-electron chi connectivity index (χ0n) is 8.44. The van der Waals surface area contributed by atoms with Gasteiger partial charge in [-0.1, -0.05) is 20.8 Å². The van der Waals surface area contributed by atoms with Crippen molar-refractivity contribution in [2.75, 3.05) is 6.54 Å². The van der Waals surface area contributed by atoms with Crippen LogP contribution < -0.4 is 5.32 Å². The van der Waals surface area contributed by atoms with Crippen molar-refractivity contribution in [1.82, 2.24) is 5.32 Å². The molecule has 1 heteroatoms. The number of hydrogen-bond donors (Lipinski definition) is 1. The molecule has 0 radical (unpaired) electrons. The highest BCUT2D eigenvalue weighted by atomic mass is 15.0. The van der Waals surface area contributed by atoms with Crippen LogP contribution >= 0.6 is 0 Å². The van der Waals surface area contributed by atoms with E-state index in [-0.39, 0.29) is 0 Å². The minimum absolute atomic E-state index is 0.339. The summed E-state index contributed by atoms with van der Waals surface area (Å²) in [5.74, 6) is 2.47. The van der Waals surface area contributed by atoms with Crippen molar-refractivity contribution in [3.63, 3.8) is 0 Å². The summed E-state index contributed by atoms with van der Waals surface area (Å²) in [6, 6.07) is 0. The maximum absolute atomic E-state index is 3.59. The molecule has 1 saturated heterocycles. The first-order chi connectivity index (χ1) is 4.95. The van der Waals surface area contributed by atoms with Gasteiger partial charge >= 0.3 is 0 Å². The van der Waals surface area contributed by atoms with Gasteiger partial charge in [-0.2, -0.15) is 0 Å². The van der Waals surface area contributed by atoms with E-state index in [1.165, 1.54) is 6.54 Å². The average Bonchev–Trinajstić information content (AvgIpc) is 1.95. The first-order valence-electron chi connectivity index (χ1n) is 4.70. The SMILES string of the molecule is C[C@@H]1[C@@H](C)CNC(C)(C)[C@H]1C. The van der Waals surface area contributed by atoms with Gasteiger partial charge in [-0.25, -0.2) is 0 Å². The number of hydrogen-bond acceptors (Lipinski definition) is 1. The highest BCUT2D eigenvalue weighted by Crippen LogP contribution is 2.33. The molecule has 0 aromatic heterocycles. The van der Waals surface area contributed by atoms with Crippen LogP contribution in [0.1, 0.15) is 34.6 Å². The monoisotopic (exact) mass is 155 g/mol. The predicted molar refractivity (Wildman–Crippen MR) is 49.6 cm³/mol. The summed E-state index contributed by atoms with van der Waals surface area (Å²) >= 11 is 0. The normalized spacial score (nSPS) is 43.9. The molecule has 1 nitrogen and oxygen atoms in total. The molecule has 1 aliphatic rings. The van der Waals surface area contributed by atoms with Crippen LogP contribution in [0, 0.1) is 17.8 Å². The van der Waals surface area contributed by atoms with Gasteiger partial charge in [-0.05, 0) is 38.1 Å². The highest BCUT2D eigenvalue weighted by molar-refractivity contribution is 4.92. The fraction of sp³-hybridized carbons (Fsp3) is 1.00. The molecule has 11 heavy (non-hydrogen) atoms. The Hall–Kier alpha value is -0.0400. The lowest BCUT2D eigenvalue weighted by atomic mass is 9.71. The second-order valence-electron chi connectivity index (χ2n) is 4.73. The smallest absolute Gasteiger partial charge is 0.0153 e. The zero-order valence-corrected chi connectivity index (χ0v) is 8.44. The summed E-state index contributed by atoms with van der Waals surface area (Å²) in [4.78, 5) is 0. The molecule has 1 fully saturated rings. The maximum atomic E-state index is 3.59. The van der Waals surface area contributed by atoms with Crippen molar-refractivity contribution in [3.05, 3.63) is 0 Å². The first kappa shape index (κ1) is 9.05. The van der Waals surface area contributed by atoms with Crippen LogP contribution in [0.4, 0.5) is 0 Å². The fourth-order valence-corrected chi connectivity index (χ4v) is 1.92. The van der Waals surface area contributed by atoms with Crippen LogP contribution in [0.2, 0.25) is 0 Å². The van der Waals surface area contributed by atoms with Gasteiger partial charge in [0, 0.05) is 5.54 Å². The summed E-state index contributed by atoms with van der Waals surface area (Å²) in [6.07, 6.45) is 0. The van der Waals surface area contributed by atoms with E-state index in [2.05, 4.69) is 39.9 Å². The molecule has 0 amide bonds. The largest absolute Gasteiger partial charge is 0.311 e. The Morgan fingerprint density at radius 3 is 2.18 bits per heavy atom. The lowest BCUT2D eigenvalue weighted by Crippen LogP contribution is -2.55. The van der Waals surface area contributed by atoms with Crippen LogP contribution in [0.3, 0.4) is 0 Å². The van der Waals surface area contributed by atoms with E-state index < -0.39 is 0 Å². The Labute approximate surface area is 70.6 Å². The minimum atomic E-state index is 0.339. The molecule has 66 valence electrons. The Kier molecular flexibility index (Phi) is 2.29. The summed E-state index contributed by atoms with van der Waals surface area (Å²) < 4.78 is 0. The maximum Gasteiger partial charge on any atom is 0.0153 e.